The lowest BCUT2D eigenvalue weighted by Crippen LogP contribution is -2.52. The number of carboxylic acid groups (broad SMARTS) is 1. The summed E-state index contributed by atoms with van der Waals surface area (Å²) in [5, 5.41) is 12.1. The van der Waals surface area contributed by atoms with Crippen molar-refractivity contribution in [3.8, 4) is 0 Å². The van der Waals surface area contributed by atoms with E-state index in [0.717, 1.165) is 11.1 Å². The highest BCUT2D eigenvalue weighted by Crippen LogP contribution is 2.45. The molecule has 0 unspecified atom stereocenters. The van der Waals surface area contributed by atoms with Crippen LogP contribution in [0.2, 0.25) is 0 Å². The zero-order valence-corrected chi connectivity index (χ0v) is 21.4. The Morgan fingerprint density at radius 3 is 1.89 bits per heavy atom. The Bertz CT molecular complexity index is 1080. The summed E-state index contributed by atoms with van der Waals surface area (Å²) in [7, 11) is -3.90. The molecule has 0 saturated carbocycles. The van der Waals surface area contributed by atoms with Crippen molar-refractivity contribution in [1.29, 1.82) is 0 Å². The molecule has 2 heterocycles. The quantitative estimate of drug-likeness (QED) is 0.425. The molecule has 2 atom stereocenters. The maximum absolute atomic E-state index is 13.6. The molecule has 0 spiro atoms. The molecular formula is C26H32N3O7P. The van der Waals surface area contributed by atoms with Crippen molar-refractivity contribution in [1.82, 2.24) is 14.9 Å². The van der Waals surface area contributed by atoms with Crippen LogP contribution in [0.15, 0.2) is 60.7 Å². The topological polar surface area (TPSA) is 125 Å². The van der Waals surface area contributed by atoms with Crippen molar-refractivity contribution < 1.29 is 33.1 Å². The van der Waals surface area contributed by atoms with Gasteiger partial charge in [0, 0.05) is 13.1 Å². The molecule has 0 aromatic heterocycles. The number of aliphatic carboxylic acids is 1. The Kier molecular flexibility index (Phi) is 9.10. The average Bonchev–Trinajstić information content (AvgIpc) is 3.61. The highest BCUT2D eigenvalue weighted by Gasteiger charge is 2.42. The molecule has 0 bridgehead atoms. The van der Waals surface area contributed by atoms with Gasteiger partial charge in [-0.3, -0.25) is 18.6 Å². The number of nitrogens with zero attached hydrogens (tertiary/aromatic N) is 2. The standard InChI is InChI=1S/C26H32N3O7P/c30-24(28-15-7-13-22(28)25(31)29-16-8-14-23(29)26(32)33)17-27-37(34,35-18-20-9-3-1-4-10-20)36-19-21-11-5-2-6-12-21/h1-6,9-12,22-23H,7-8,13-19H2,(H,27,34)(H,32,33)/t22-,23-/m0/s1. The number of hydrogen-bond donors (Lipinski definition) is 2. The molecule has 11 heteroatoms. The number of carbonyl (C=O) groups is 3. The van der Waals surface area contributed by atoms with Crippen molar-refractivity contribution in [2.75, 3.05) is 19.6 Å². The maximum atomic E-state index is 13.6. The SMILES string of the molecule is O=C(O)[C@@H]1CCCN1C(=O)[C@@H]1CCCN1C(=O)CNP(=O)(OCc1ccccc1)OCc1ccccc1. The zero-order valence-electron chi connectivity index (χ0n) is 20.5. The number of hydrogen-bond acceptors (Lipinski definition) is 6. The summed E-state index contributed by atoms with van der Waals surface area (Å²) >= 11 is 0. The fraction of sp³-hybridized carbons (Fsp3) is 0.423. The third kappa shape index (κ3) is 7.05. The molecule has 2 fully saturated rings. The Labute approximate surface area is 216 Å². The van der Waals surface area contributed by atoms with Gasteiger partial charge in [-0.1, -0.05) is 60.7 Å². The minimum Gasteiger partial charge on any atom is -0.480 e. The first kappa shape index (κ1) is 27.0. The smallest absolute Gasteiger partial charge is 0.406 e. The first-order chi connectivity index (χ1) is 17.9. The molecule has 10 nitrogen and oxygen atoms in total. The van der Waals surface area contributed by atoms with Gasteiger partial charge in [0.15, 0.2) is 0 Å². The minimum absolute atomic E-state index is 0.0183. The van der Waals surface area contributed by atoms with Gasteiger partial charge in [-0.25, -0.2) is 14.4 Å². The van der Waals surface area contributed by atoms with Gasteiger partial charge in [0.1, 0.15) is 12.1 Å². The number of nitrogens with one attached hydrogen (secondary N) is 1. The maximum Gasteiger partial charge on any atom is 0.406 e. The van der Waals surface area contributed by atoms with Gasteiger partial charge < -0.3 is 14.9 Å². The van der Waals surface area contributed by atoms with E-state index in [1.807, 2.05) is 60.7 Å². The summed E-state index contributed by atoms with van der Waals surface area (Å²) < 4.78 is 24.9. The molecular weight excluding hydrogens is 497 g/mol. The third-order valence-corrected chi connectivity index (χ3v) is 8.07. The second-order valence-electron chi connectivity index (χ2n) is 9.12. The normalized spacial score (nSPS) is 19.8. The lowest BCUT2D eigenvalue weighted by atomic mass is 10.1. The molecule has 0 radical (unpaired) electrons. The van der Waals surface area contributed by atoms with Crippen LogP contribution in [0.3, 0.4) is 0 Å². The van der Waals surface area contributed by atoms with E-state index >= 15 is 0 Å². The molecule has 37 heavy (non-hydrogen) atoms. The number of likely N-dealkylation sites (tertiary alicyclic amines) is 2. The van der Waals surface area contributed by atoms with E-state index in [-0.39, 0.29) is 25.7 Å². The van der Waals surface area contributed by atoms with Gasteiger partial charge in [0.05, 0.1) is 19.8 Å². The minimum atomic E-state index is -3.90. The van der Waals surface area contributed by atoms with Crippen LogP contribution in [0.1, 0.15) is 36.8 Å². The number of carbonyl (C=O) groups excluding carboxylic acids is 2. The molecule has 2 aromatic carbocycles. The van der Waals surface area contributed by atoms with Crippen LogP contribution in [0, 0.1) is 0 Å². The fourth-order valence-corrected chi connectivity index (χ4v) is 5.89. The summed E-state index contributed by atoms with van der Waals surface area (Å²) in [6.45, 7) is 0.410. The Morgan fingerprint density at radius 1 is 0.838 bits per heavy atom. The summed E-state index contributed by atoms with van der Waals surface area (Å²) in [5.74, 6) is -1.80. The number of carboxylic acids is 1. The predicted octanol–water partition coefficient (Wildman–Crippen LogP) is 3.18. The summed E-state index contributed by atoms with van der Waals surface area (Å²) in [4.78, 5) is 40.6. The zero-order chi connectivity index (χ0) is 26.3. The monoisotopic (exact) mass is 529 g/mol. The fourth-order valence-electron chi connectivity index (χ4n) is 4.66. The molecule has 2 N–H and O–H groups in total. The Hall–Kier alpha value is -3.04. The predicted molar refractivity (Wildman–Crippen MR) is 135 cm³/mol. The van der Waals surface area contributed by atoms with Gasteiger partial charge in [-0.2, -0.15) is 0 Å². The highest BCUT2D eigenvalue weighted by atomic mass is 31.2. The first-order valence-corrected chi connectivity index (χ1v) is 14.0. The second kappa shape index (κ2) is 12.5. The van der Waals surface area contributed by atoms with Crippen LogP contribution >= 0.6 is 7.75 Å². The molecule has 0 aliphatic carbocycles. The van der Waals surface area contributed by atoms with Crippen LogP contribution in [0.5, 0.6) is 0 Å². The van der Waals surface area contributed by atoms with Crippen LogP contribution in [0.4, 0.5) is 0 Å². The van der Waals surface area contributed by atoms with Crippen molar-refractivity contribution >= 4 is 25.5 Å². The van der Waals surface area contributed by atoms with E-state index in [2.05, 4.69) is 5.09 Å². The summed E-state index contributed by atoms with van der Waals surface area (Å²) in [6, 6.07) is 16.8. The Balaban J connectivity index is 1.40. The molecule has 2 aromatic rings. The molecule has 2 aliphatic heterocycles. The summed E-state index contributed by atoms with van der Waals surface area (Å²) in [5.41, 5.74) is 1.59. The van der Waals surface area contributed by atoms with Crippen LogP contribution < -0.4 is 5.09 Å². The van der Waals surface area contributed by atoms with Crippen molar-refractivity contribution in [2.45, 2.75) is 51.0 Å². The van der Waals surface area contributed by atoms with E-state index in [1.54, 1.807) is 0 Å². The molecule has 4 rings (SSSR count). The summed E-state index contributed by atoms with van der Waals surface area (Å²) in [6.07, 6.45) is 2.11. The number of benzene rings is 2. The van der Waals surface area contributed by atoms with E-state index in [4.69, 9.17) is 9.05 Å². The largest absolute Gasteiger partial charge is 0.480 e. The van der Waals surface area contributed by atoms with Crippen LogP contribution in [-0.4, -0.2) is 64.4 Å². The average molecular weight is 530 g/mol. The lowest BCUT2D eigenvalue weighted by molar-refractivity contribution is -0.151. The van der Waals surface area contributed by atoms with E-state index in [1.165, 1.54) is 9.80 Å². The lowest BCUT2D eigenvalue weighted by Gasteiger charge is -2.30. The Morgan fingerprint density at radius 2 is 1.35 bits per heavy atom. The van der Waals surface area contributed by atoms with Gasteiger partial charge >= 0.3 is 13.7 Å². The van der Waals surface area contributed by atoms with Gasteiger partial charge in [-0.05, 0) is 36.8 Å². The number of amides is 2. The van der Waals surface area contributed by atoms with Gasteiger partial charge in [0.2, 0.25) is 11.8 Å². The van der Waals surface area contributed by atoms with Crippen molar-refractivity contribution in [3.63, 3.8) is 0 Å². The first-order valence-electron chi connectivity index (χ1n) is 12.4. The van der Waals surface area contributed by atoms with E-state index < -0.39 is 31.7 Å². The molecule has 2 aliphatic rings. The third-order valence-electron chi connectivity index (χ3n) is 6.59. The van der Waals surface area contributed by atoms with E-state index in [0.29, 0.717) is 38.8 Å². The van der Waals surface area contributed by atoms with Gasteiger partial charge in [-0.15, -0.1) is 0 Å². The van der Waals surface area contributed by atoms with Crippen LogP contribution in [0.25, 0.3) is 0 Å². The molecule has 198 valence electrons. The van der Waals surface area contributed by atoms with Crippen LogP contribution in [-0.2, 0) is 41.2 Å². The van der Waals surface area contributed by atoms with Crippen molar-refractivity contribution in [3.05, 3.63) is 71.8 Å². The molecule has 2 amide bonds. The second-order valence-corrected chi connectivity index (χ2v) is 11.0. The number of rotatable bonds is 11. The molecule has 2 saturated heterocycles. The van der Waals surface area contributed by atoms with Crippen molar-refractivity contribution in [2.24, 2.45) is 0 Å². The van der Waals surface area contributed by atoms with E-state index in [9.17, 15) is 24.1 Å². The highest BCUT2D eigenvalue weighted by molar-refractivity contribution is 7.51. The van der Waals surface area contributed by atoms with Gasteiger partial charge in [0.25, 0.3) is 0 Å².